The van der Waals surface area contributed by atoms with Crippen LogP contribution in [0.2, 0.25) is 0 Å². The summed E-state index contributed by atoms with van der Waals surface area (Å²) >= 11 is 1.65. The number of nitrogens with zero attached hydrogens (tertiary/aromatic N) is 2. The molecule has 0 saturated carbocycles. The van der Waals surface area contributed by atoms with Crippen molar-refractivity contribution < 1.29 is 14.3 Å². The highest BCUT2D eigenvalue weighted by Gasteiger charge is 2.18. The van der Waals surface area contributed by atoms with Crippen LogP contribution in [0.25, 0.3) is 10.2 Å². The number of rotatable bonds is 7. The van der Waals surface area contributed by atoms with Gasteiger partial charge in [-0.2, -0.15) is 0 Å². The minimum Gasteiger partial charge on any atom is -0.465 e. The maximum Gasteiger partial charge on any atom is 0.337 e. The molecule has 7 heteroatoms. The molecule has 0 aliphatic rings. The van der Waals surface area contributed by atoms with Crippen LogP contribution < -0.4 is 5.32 Å². The number of para-hydroxylation sites is 1. The van der Waals surface area contributed by atoms with E-state index in [0.717, 1.165) is 20.8 Å². The number of benzene rings is 2. The molecule has 0 aliphatic carbocycles. The molecule has 0 radical (unpaired) electrons. The van der Waals surface area contributed by atoms with E-state index in [0.29, 0.717) is 12.1 Å². The Morgan fingerprint density at radius 1 is 1.18 bits per heavy atom. The average Bonchev–Trinajstić information content (AvgIpc) is 3.15. The fourth-order valence-electron chi connectivity index (χ4n) is 2.75. The Hall–Kier alpha value is -2.77. The van der Waals surface area contributed by atoms with E-state index in [9.17, 15) is 9.59 Å². The van der Waals surface area contributed by atoms with Gasteiger partial charge in [-0.15, -0.1) is 11.3 Å². The van der Waals surface area contributed by atoms with Crippen molar-refractivity contribution >= 4 is 33.4 Å². The van der Waals surface area contributed by atoms with Crippen LogP contribution in [-0.4, -0.2) is 42.5 Å². The molecule has 1 N–H and O–H groups in total. The van der Waals surface area contributed by atoms with Crippen molar-refractivity contribution in [2.24, 2.45) is 0 Å². The molecular formula is C21H23N3O3S. The lowest BCUT2D eigenvalue weighted by Gasteiger charge is -2.22. The van der Waals surface area contributed by atoms with Gasteiger partial charge in [-0.1, -0.05) is 24.3 Å². The number of likely N-dealkylation sites (N-methyl/N-ethyl adjacent to an activating group) is 1. The van der Waals surface area contributed by atoms with Gasteiger partial charge in [0.05, 0.1) is 35.5 Å². The van der Waals surface area contributed by atoms with Crippen molar-refractivity contribution in [2.45, 2.75) is 19.5 Å². The largest absolute Gasteiger partial charge is 0.465 e. The van der Waals surface area contributed by atoms with Gasteiger partial charge in [0.25, 0.3) is 0 Å². The van der Waals surface area contributed by atoms with Crippen molar-refractivity contribution in [1.82, 2.24) is 15.2 Å². The number of aromatic nitrogens is 1. The van der Waals surface area contributed by atoms with Gasteiger partial charge in [-0.3, -0.25) is 9.69 Å². The number of fused-ring (bicyclic) bond motifs is 1. The van der Waals surface area contributed by atoms with E-state index in [1.165, 1.54) is 7.11 Å². The Labute approximate surface area is 168 Å². The number of hydrogen-bond acceptors (Lipinski definition) is 6. The second-order valence-electron chi connectivity index (χ2n) is 6.58. The summed E-state index contributed by atoms with van der Waals surface area (Å²) in [5, 5.41) is 3.91. The number of esters is 1. The van der Waals surface area contributed by atoms with Crippen LogP contribution in [0.5, 0.6) is 0 Å². The van der Waals surface area contributed by atoms with Crippen molar-refractivity contribution in [3.8, 4) is 0 Å². The third kappa shape index (κ3) is 4.74. The van der Waals surface area contributed by atoms with Gasteiger partial charge < -0.3 is 10.1 Å². The Bertz CT molecular complexity index is 935. The molecule has 1 heterocycles. The summed E-state index contributed by atoms with van der Waals surface area (Å²) in [6.07, 6.45) is 0. The maximum absolute atomic E-state index is 12.3. The molecule has 3 aromatic rings. The zero-order valence-corrected chi connectivity index (χ0v) is 17.0. The molecule has 1 aromatic heterocycles. The lowest BCUT2D eigenvalue weighted by molar-refractivity contribution is -0.122. The number of hydrogen-bond donors (Lipinski definition) is 1. The Morgan fingerprint density at radius 2 is 1.89 bits per heavy atom. The van der Waals surface area contributed by atoms with E-state index in [-0.39, 0.29) is 24.5 Å². The molecule has 146 valence electrons. The van der Waals surface area contributed by atoms with E-state index in [2.05, 4.69) is 28.0 Å². The highest BCUT2D eigenvalue weighted by Crippen LogP contribution is 2.28. The second-order valence-corrected chi connectivity index (χ2v) is 7.64. The van der Waals surface area contributed by atoms with Crippen LogP contribution in [0.15, 0.2) is 48.5 Å². The number of thiazole rings is 1. The first-order chi connectivity index (χ1) is 13.5. The second kappa shape index (κ2) is 8.95. The SMILES string of the molecule is COC(=O)c1ccc(CNC(=O)CN(C)[C@@H](C)c2nc3ccccc3s2)cc1. The van der Waals surface area contributed by atoms with Crippen LogP contribution in [0.4, 0.5) is 0 Å². The molecule has 28 heavy (non-hydrogen) atoms. The molecule has 0 bridgehead atoms. The smallest absolute Gasteiger partial charge is 0.337 e. The highest BCUT2D eigenvalue weighted by atomic mass is 32.1. The topological polar surface area (TPSA) is 71.5 Å². The quantitative estimate of drug-likeness (QED) is 0.619. The molecule has 0 spiro atoms. The number of ether oxygens (including phenoxy) is 1. The van der Waals surface area contributed by atoms with Crippen molar-refractivity contribution in [3.63, 3.8) is 0 Å². The van der Waals surface area contributed by atoms with E-state index in [1.807, 2.05) is 30.1 Å². The molecule has 6 nitrogen and oxygen atoms in total. The average molecular weight is 398 g/mol. The Balaban J connectivity index is 1.53. The Morgan fingerprint density at radius 3 is 2.57 bits per heavy atom. The zero-order valence-electron chi connectivity index (χ0n) is 16.1. The predicted molar refractivity (Wildman–Crippen MR) is 110 cm³/mol. The molecular weight excluding hydrogens is 374 g/mol. The normalized spacial score (nSPS) is 12.1. The number of carbonyl (C=O) groups excluding carboxylic acids is 2. The molecule has 0 unspecified atom stereocenters. The van der Waals surface area contributed by atoms with Crippen molar-refractivity contribution in [1.29, 1.82) is 0 Å². The van der Waals surface area contributed by atoms with E-state index in [4.69, 9.17) is 0 Å². The van der Waals surface area contributed by atoms with E-state index in [1.54, 1.807) is 35.6 Å². The first-order valence-corrected chi connectivity index (χ1v) is 9.79. The van der Waals surface area contributed by atoms with Gasteiger partial charge in [-0.25, -0.2) is 9.78 Å². The van der Waals surface area contributed by atoms with Gasteiger partial charge in [-0.05, 0) is 43.8 Å². The Kier molecular flexibility index (Phi) is 6.38. The van der Waals surface area contributed by atoms with Gasteiger partial charge >= 0.3 is 5.97 Å². The molecule has 0 saturated heterocycles. The van der Waals surface area contributed by atoms with Gasteiger partial charge in [0, 0.05) is 6.54 Å². The molecule has 3 rings (SSSR count). The summed E-state index contributed by atoms with van der Waals surface area (Å²) in [5.41, 5.74) is 2.40. The fraction of sp³-hybridized carbons (Fsp3) is 0.286. The van der Waals surface area contributed by atoms with Crippen LogP contribution in [0.3, 0.4) is 0 Å². The van der Waals surface area contributed by atoms with Gasteiger partial charge in [0.1, 0.15) is 5.01 Å². The minimum absolute atomic E-state index is 0.0440. The van der Waals surface area contributed by atoms with Crippen LogP contribution in [0.1, 0.15) is 33.9 Å². The maximum atomic E-state index is 12.3. The van der Waals surface area contributed by atoms with Gasteiger partial charge in [0.15, 0.2) is 0 Å². The lowest BCUT2D eigenvalue weighted by Crippen LogP contribution is -2.36. The number of nitrogens with one attached hydrogen (secondary N) is 1. The highest BCUT2D eigenvalue weighted by molar-refractivity contribution is 7.18. The third-order valence-corrected chi connectivity index (χ3v) is 5.79. The van der Waals surface area contributed by atoms with Crippen LogP contribution in [0, 0.1) is 0 Å². The van der Waals surface area contributed by atoms with E-state index >= 15 is 0 Å². The summed E-state index contributed by atoms with van der Waals surface area (Å²) < 4.78 is 5.83. The van der Waals surface area contributed by atoms with Crippen molar-refractivity contribution in [2.75, 3.05) is 20.7 Å². The van der Waals surface area contributed by atoms with Crippen LogP contribution >= 0.6 is 11.3 Å². The molecule has 2 aromatic carbocycles. The summed E-state index contributed by atoms with van der Waals surface area (Å²) in [5.74, 6) is -0.437. The summed E-state index contributed by atoms with van der Waals surface area (Å²) in [6, 6.07) is 15.1. The summed E-state index contributed by atoms with van der Waals surface area (Å²) in [4.78, 5) is 30.4. The third-order valence-electron chi connectivity index (χ3n) is 4.59. The molecule has 0 fully saturated rings. The number of amides is 1. The molecule has 1 amide bonds. The molecule has 0 aliphatic heterocycles. The summed E-state index contributed by atoms with van der Waals surface area (Å²) in [7, 11) is 3.27. The van der Waals surface area contributed by atoms with Gasteiger partial charge in [0.2, 0.25) is 5.91 Å². The zero-order chi connectivity index (χ0) is 20.1. The van der Waals surface area contributed by atoms with E-state index < -0.39 is 0 Å². The predicted octanol–water partition coefficient (Wildman–Crippen LogP) is 3.39. The lowest BCUT2D eigenvalue weighted by atomic mass is 10.1. The number of methoxy groups -OCH3 is 1. The van der Waals surface area contributed by atoms with Crippen LogP contribution in [-0.2, 0) is 16.1 Å². The number of carbonyl (C=O) groups is 2. The molecule has 1 atom stereocenters. The minimum atomic E-state index is -0.374. The summed E-state index contributed by atoms with van der Waals surface area (Å²) in [6.45, 7) is 2.73. The van der Waals surface area contributed by atoms with Crippen molar-refractivity contribution in [3.05, 3.63) is 64.7 Å². The standard InChI is InChI=1S/C21H23N3O3S/c1-14(20-23-17-6-4-5-7-18(17)28-20)24(2)13-19(25)22-12-15-8-10-16(11-9-15)21(26)27-3/h4-11,14H,12-13H2,1-3H3,(H,22,25)/t14-/m0/s1. The first-order valence-electron chi connectivity index (χ1n) is 8.97. The fourth-order valence-corrected chi connectivity index (χ4v) is 3.84. The monoisotopic (exact) mass is 397 g/mol. The first kappa shape index (κ1) is 20.0.